The molecule has 0 aliphatic heterocycles. The van der Waals surface area contributed by atoms with Crippen LogP contribution in [0, 0.1) is 0 Å². The largest absolute Gasteiger partial charge is 0.376 e. The Bertz CT molecular complexity index is 209. The molecule has 0 saturated carbocycles. The van der Waals surface area contributed by atoms with E-state index in [1.54, 1.807) is 0 Å². The summed E-state index contributed by atoms with van der Waals surface area (Å²) in [4.78, 5) is 10.8. The maximum Gasteiger partial charge on any atom is 0.148 e. The number of ether oxygens (including phenoxy) is 1. The van der Waals surface area contributed by atoms with Gasteiger partial charge in [0.1, 0.15) is 5.52 Å². The van der Waals surface area contributed by atoms with Crippen molar-refractivity contribution in [3.05, 3.63) is 0 Å². The van der Waals surface area contributed by atoms with Gasteiger partial charge in [0.05, 0.1) is 5.60 Å². The number of rotatable bonds is 7. The van der Waals surface area contributed by atoms with Crippen LogP contribution >= 0.6 is 21.9 Å². The van der Waals surface area contributed by atoms with Gasteiger partial charge in [-0.2, -0.15) is 12.6 Å². The summed E-state index contributed by atoms with van der Waals surface area (Å²) in [7, 11) is 2.20. The number of carbonyl (C=O) groups is 1. The van der Waals surface area contributed by atoms with E-state index in [1.807, 2.05) is 13.8 Å². The molecule has 15 heavy (non-hydrogen) atoms. The molecule has 0 N–H and O–H groups in total. The summed E-state index contributed by atoms with van der Waals surface area (Å²) in [6.07, 6.45) is 2.23. The predicted molar refractivity (Wildman–Crippen MR) is 71.7 cm³/mol. The quantitative estimate of drug-likeness (QED) is 0.555. The van der Waals surface area contributed by atoms with E-state index in [-0.39, 0.29) is 15.9 Å². The van der Waals surface area contributed by atoms with Crippen LogP contribution in [0.15, 0.2) is 0 Å². The molecule has 0 aliphatic carbocycles. The van der Waals surface area contributed by atoms with Crippen LogP contribution in [0.4, 0.5) is 0 Å². The van der Waals surface area contributed by atoms with Crippen molar-refractivity contribution in [3.8, 4) is 0 Å². The van der Waals surface area contributed by atoms with Gasteiger partial charge in [-0.15, -0.1) is 0 Å². The Morgan fingerprint density at radius 3 is 2.20 bits per heavy atom. The highest BCUT2D eigenvalue weighted by molar-refractivity contribution is 7.81. The van der Waals surface area contributed by atoms with Crippen molar-refractivity contribution in [3.63, 3.8) is 0 Å². The summed E-state index contributed by atoms with van der Waals surface area (Å²) in [5.74, 6) is 0. The molecule has 0 saturated heterocycles. The lowest BCUT2D eigenvalue weighted by atomic mass is 10.0. The van der Waals surface area contributed by atoms with Crippen LogP contribution in [0.5, 0.6) is 0 Å². The zero-order chi connectivity index (χ0) is 12.1. The zero-order valence-corrected chi connectivity index (χ0v) is 12.2. The molecule has 1 unspecified atom stereocenters. The van der Waals surface area contributed by atoms with Crippen LogP contribution < -0.4 is 0 Å². The van der Waals surface area contributed by atoms with Gasteiger partial charge < -0.3 is 4.74 Å². The average Bonchev–Trinajstić information content (AvgIpc) is 1.98. The molecule has 4 heteroatoms. The molecule has 2 nitrogen and oxygen atoms in total. The lowest BCUT2D eigenvalue weighted by molar-refractivity contribution is -0.112. The third-order valence-corrected chi connectivity index (χ3v) is 2.69. The summed E-state index contributed by atoms with van der Waals surface area (Å²) in [5.41, 5.74) is -0.0770. The smallest absolute Gasteiger partial charge is 0.148 e. The molecule has 0 spiro atoms. The lowest BCUT2D eigenvalue weighted by Crippen LogP contribution is -2.27. The highest BCUT2D eigenvalue weighted by atomic mass is 32.1. The maximum atomic E-state index is 10.8. The topological polar surface area (TPSA) is 26.3 Å². The van der Waals surface area contributed by atoms with Gasteiger partial charge in [-0.1, -0.05) is 23.1 Å². The van der Waals surface area contributed by atoms with Gasteiger partial charge in [0.2, 0.25) is 0 Å². The Kier molecular flexibility index (Phi) is 6.39. The predicted octanol–water partition coefficient (Wildman–Crippen LogP) is 3.06. The lowest BCUT2D eigenvalue weighted by Gasteiger charge is -2.27. The first kappa shape index (κ1) is 15.4. The molecule has 90 valence electrons. The van der Waals surface area contributed by atoms with E-state index in [1.165, 1.54) is 0 Å². The second-order valence-electron chi connectivity index (χ2n) is 5.14. The standard InChI is InChI=1S/C11H23O2PS/c1-10(2,6-5-9(12)14)13-8-7-11(3,4)15/h15H,5-8,14H2,1-4H3. The number of carbonyl (C=O) groups excluding carboxylic acids is 1. The van der Waals surface area contributed by atoms with Crippen molar-refractivity contribution < 1.29 is 9.53 Å². The van der Waals surface area contributed by atoms with Crippen molar-refractivity contribution in [1.82, 2.24) is 0 Å². The summed E-state index contributed by atoms with van der Waals surface area (Å²) in [6.45, 7) is 8.87. The minimum Gasteiger partial charge on any atom is -0.376 e. The monoisotopic (exact) mass is 250 g/mol. The molecule has 0 bridgehead atoms. The van der Waals surface area contributed by atoms with Crippen LogP contribution in [-0.4, -0.2) is 22.5 Å². The number of hydrogen-bond donors (Lipinski definition) is 1. The number of thiol groups is 1. The van der Waals surface area contributed by atoms with E-state index in [4.69, 9.17) is 4.74 Å². The molecule has 0 aliphatic rings. The fourth-order valence-corrected chi connectivity index (χ4v) is 1.31. The van der Waals surface area contributed by atoms with Crippen molar-refractivity contribution in [2.45, 2.75) is 57.3 Å². The van der Waals surface area contributed by atoms with Crippen LogP contribution in [0.1, 0.15) is 47.0 Å². The highest BCUT2D eigenvalue weighted by Gasteiger charge is 2.20. The van der Waals surface area contributed by atoms with Crippen LogP contribution in [0.25, 0.3) is 0 Å². The van der Waals surface area contributed by atoms with Crippen molar-refractivity contribution in [2.24, 2.45) is 0 Å². The average molecular weight is 250 g/mol. The van der Waals surface area contributed by atoms with E-state index >= 15 is 0 Å². The van der Waals surface area contributed by atoms with Crippen LogP contribution in [0.2, 0.25) is 0 Å². The number of hydrogen-bond acceptors (Lipinski definition) is 3. The summed E-state index contributed by atoms with van der Waals surface area (Å²) in [5, 5.41) is 0. The molecule has 0 aromatic carbocycles. The van der Waals surface area contributed by atoms with E-state index in [0.717, 1.165) is 12.8 Å². The Hall–Kier alpha value is 0.410. The molecule has 0 rings (SSSR count). The second kappa shape index (κ2) is 6.22. The minimum atomic E-state index is -0.217. The second-order valence-corrected chi connectivity index (χ2v) is 6.99. The summed E-state index contributed by atoms with van der Waals surface area (Å²) < 4.78 is 5.75. The van der Waals surface area contributed by atoms with Gasteiger partial charge in [0.15, 0.2) is 0 Å². The maximum absolute atomic E-state index is 10.8. The Morgan fingerprint density at radius 1 is 1.27 bits per heavy atom. The zero-order valence-electron chi connectivity index (χ0n) is 10.2. The first-order valence-electron chi connectivity index (χ1n) is 5.27. The Morgan fingerprint density at radius 2 is 1.80 bits per heavy atom. The van der Waals surface area contributed by atoms with Crippen LogP contribution in [-0.2, 0) is 9.53 Å². The molecule has 0 radical (unpaired) electrons. The summed E-state index contributed by atoms with van der Waals surface area (Å²) in [6, 6.07) is 0. The fourth-order valence-electron chi connectivity index (χ4n) is 1.07. The molecular formula is C11H23O2PS. The van der Waals surface area contributed by atoms with Gasteiger partial charge in [-0.05, 0) is 26.7 Å². The van der Waals surface area contributed by atoms with Crippen molar-refractivity contribution >= 4 is 27.4 Å². The van der Waals surface area contributed by atoms with Gasteiger partial charge in [-0.25, -0.2) is 0 Å². The Labute approximate surface area is 101 Å². The van der Waals surface area contributed by atoms with E-state index in [9.17, 15) is 4.79 Å². The fraction of sp³-hybridized carbons (Fsp3) is 0.909. The van der Waals surface area contributed by atoms with Gasteiger partial charge in [0.25, 0.3) is 0 Å². The minimum absolute atomic E-state index is 0.00646. The molecule has 1 atom stereocenters. The molecule has 0 aromatic heterocycles. The van der Waals surface area contributed by atoms with Gasteiger partial charge >= 0.3 is 0 Å². The normalized spacial score (nSPS) is 12.9. The van der Waals surface area contributed by atoms with E-state index < -0.39 is 0 Å². The summed E-state index contributed by atoms with van der Waals surface area (Å²) >= 11 is 4.43. The van der Waals surface area contributed by atoms with E-state index in [0.29, 0.717) is 13.0 Å². The third kappa shape index (κ3) is 10.7. The molecule has 0 fully saturated rings. The molecule has 0 amide bonds. The highest BCUT2D eigenvalue weighted by Crippen LogP contribution is 2.22. The Balaban J connectivity index is 3.78. The van der Waals surface area contributed by atoms with E-state index in [2.05, 4.69) is 35.7 Å². The van der Waals surface area contributed by atoms with Crippen LogP contribution in [0.3, 0.4) is 0 Å². The molecule has 0 heterocycles. The first-order valence-corrected chi connectivity index (χ1v) is 6.29. The SMILES string of the molecule is CC(C)(S)CCOC(C)(C)CCC(=O)P. The van der Waals surface area contributed by atoms with Gasteiger partial charge in [0, 0.05) is 17.8 Å². The van der Waals surface area contributed by atoms with Gasteiger partial charge in [-0.3, -0.25) is 4.79 Å². The van der Waals surface area contributed by atoms with Crippen molar-refractivity contribution in [2.75, 3.05) is 6.61 Å². The first-order chi connectivity index (χ1) is 6.62. The molecular weight excluding hydrogens is 227 g/mol. The van der Waals surface area contributed by atoms with Crippen molar-refractivity contribution in [1.29, 1.82) is 0 Å². The molecule has 0 aromatic rings. The third-order valence-electron chi connectivity index (χ3n) is 2.18.